The van der Waals surface area contributed by atoms with Gasteiger partial charge in [0.1, 0.15) is 5.75 Å². The quantitative estimate of drug-likeness (QED) is 0.877. The monoisotopic (exact) mass is 331 g/mol. The summed E-state index contributed by atoms with van der Waals surface area (Å²) in [7, 11) is 0. The van der Waals surface area contributed by atoms with Gasteiger partial charge in [-0.1, -0.05) is 0 Å². The van der Waals surface area contributed by atoms with E-state index in [-0.39, 0.29) is 12.0 Å². The molecule has 1 unspecified atom stereocenters. The van der Waals surface area contributed by atoms with Crippen molar-refractivity contribution in [2.75, 3.05) is 19.8 Å². The van der Waals surface area contributed by atoms with E-state index in [1.54, 1.807) is 0 Å². The van der Waals surface area contributed by atoms with E-state index in [4.69, 9.17) is 9.47 Å². The maximum absolute atomic E-state index is 12.2. The van der Waals surface area contributed by atoms with Gasteiger partial charge >= 0.3 is 0 Å². The van der Waals surface area contributed by atoms with Gasteiger partial charge in [0.15, 0.2) is 0 Å². The molecule has 1 saturated heterocycles. The lowest BCUT2D eigenvalue weighted by Crippen LogP contribution is -2.31. The van der Waals surface area contributed by atoms with Gasteiger partial charge in [0.25, 0.3) is 5.91 Å². The third kappa shape index (κ3) is 4.12. The van der Waals surface area contributed by atoms with Gasteiger partial charge in [0, 0.05) is 18.0 Å². The molecule has 23 heavy (non-hydrogen) atoms. The van der Waals surface area contributed by atoms with Crippen molar-refractivity contribution in [3.63, 3.8) is 0 Å². The first kappa shape index (κ1) is 16.0. The fourth-order valence-corrected chi connectivity index (χ4v) is 3.52. The molecule has 1 aromatic carbocycles. The van der Waals surface area contributed by atoms with Crippen molar-refractivity contribution in [3.8, 4) is 16.2 Å². The summed E-state index contributed by atoms with van der Waals surface area (Å²) in [6.45, 7) is 4.03. The Kier molecular flexibility index (Phi) is 5.31. The zero-order valence-electron chi connectivity index (χ0n) is 13.2. The Morgan fingerprint density at radius 1 is 1.30 bits per heavy atom. The Morgan fingerprint density at radius 3 is 2.83 bits per heavy atom. The van der Waals surface area contributed by atoms with Gasteiger partial charge in [0.05, 0.1) is 17.6 Å². The maximum atomic E-state index is 12.2. The van der Waals surface area contributed by atoms with Gasteiger partial charge in [-0.3, -0.25) is 4.79 Å². The lowest BCUT2D eigenvalue weighted by molar-refractivity contribution is 0.0861. The van der Waals surface area contributed by atoms with Crippen molar-refractivity contribution in [2.45, 2.75) is 25.9 Å². The molecule has 0 radical (unpaired) electrons. The Hall–Kier alpha value is -1.85. The average molecular weight is 331 g/mol. The van der Waals surface area contributed by atoms with Gasteiger partial charge in [-0.05, 0) is 61.7 Å². The van der Waals surface area contributed by atoms with Crippen LogP contribution >= 0.6 is 11.3 Å². The summed E-state index contributed by atoms with van der Waals surface area (Å²) in [4.78, 5) is 14.0. The molecule has 5 heteroatoms. The minimum absolute atomic E-state index is 0.0253. The standard InChI is InChI=1S/C18H21NO3S/c1-2-21-14-7-5-13(6-8-14)16-9-10-17(23-16)18(20)19-12-15-4-3-11-22-15/h5-10,15H,2-4,11-12H2,1H3,(H,19,20). The van der Waals surface area contributed by atoms with Crippen LogP contribution in [0, 0.1) is 0 Å². The highest BCUT2D eigenvalue weighted by Gasteiger charge is 2.17. The molecular weight excluding hydrogens is 310 g/mol. The minimum Gasteiger partial charge on any atom is -0.494 e. The number of nitrogens with one attached hydrogen (secondary N) is 1. The average Bonchev–Trinajstić information content (AvgIpc) is 3.25. The third-order valence-corrected chi connectivity index (χ3v) is 4.93. The van der Waals surface area contributed by atoms with Gasteiger partial charge in [0.2, 0.25) is 0 Å². The molecule has 1 aromatic heterocycles. The van der Waals surface area contributed by atoms with E-state index in [9.17, 15) is 4.79 Å². The summed E-state index contributed by atoms with van der Waals surface area (Å²) in [5, 5.41) is 2.96. The molecule has 2 heterocycles. The first-order valence-corrected chi connectivity index (χ1v) is 8.81. The zero-order chi connectivity index (χ0) is 16.1. The highest BCUT2D eigenvalue weighted by atomic mass is 32.1. The Bertz CT molecular complexity index is 645. The molecular formula is C18H21NO3S. The fourth-order valence-electron chi connectivity index (χ4n) is 2.60. The summed E-state index contributed by atoms with van der Waals surface area (Å²) >= 11 is 1.50. The molecule has 1 atom stereocenters. The van der Waals surface area contributed by atoms with Crippen LogP contribution in [0.15, 0.2) is 36.4 Å². The van der Waals surface area contributed by atoms with E-state index in [0.717, 1.165) is 40.5 Å². The molecule has 2 aromatic rings. The van der Waals surface area contributed by atoms with Crippen LogP contribution in [-0.2, 0) is 4.74 Å². The third-order valence-electron chi connectivity index (χ3n) is 3.79. The molecule has 1 N–H and O–H groups in total. The molecule has 0 saturated carbocycles. The molecule has 122 valence electrons. The normalized spacial score (nSPS) is 17.2. The molecule has 1 amide bonds. The first-order chi connectivity index (χ1) is 11.3. The molecule has 1 aliphatic heterocycles. The molecule has 0 bridgehead atoms. The zero-order valence-corrected chi connectivity index (χ0v) is 14.0. The first-order valence-electron chi connectivity index (χ1n) is 7.99. The molecule has 1 aliphatic rings. The summed E-state index contributed by atoms with van der Waals surface area (Å²) in [5.41, 5.74) is 1.09. The van der Waals surface area contributed by atoms with Gasteiger partial charge < -0.3 is 14.8 Å². The van der Waals surface area contributed by atoms with Crippen molar-refractivity contribution in [1.29, 1.82) is 0 Å². The van der Waals surface area contributed by atoms with E-state index < -0.39 is 0 Å². The predicted octanol–water partition coefficient (Wildman–Crippen LogP) is 3.72. The summed E-state index contributed by atoms with van der Waals surface area (Å²) in [6, 6.07) is 11.8. The molecule has 1 fully saturated rings. The van der Waals surface area contributed by atoms with Crippen LogP contribution in [0.1, 0.15) is 29.4 Å². The second kappa shape index (κ2) is 7.62. The van der Waals surface area contributed by atoms with Crippen molar-refractivity contribution < 1.29 is 14.3 Å². The number of ether oxygens (including phenoxy) is 2. The summed E-state index contributed by atoms with van der Waals surface area (Å²) < 4.78 is 11.0. The maximum Gasteiger partial charge on any atom is 0.261 e. The van der Waals surface area contributed by atoms with Crippen LogP contribution < -0.4 is 10.1 Å². The number of hydrogen-bond acceptors (Lipinski definition) is 4. The van der Waals surface area contributed by atoms with Crippen molar-refractivity contribution >= 4 is 17.2 Å². The van der Waals surface area contributed by atoms with Crippen molar-refractivity contribution in [3.05, 3.63) is 41.3 Å². The molecule has 4 nitrogen and oxygen atoms in total. The van der Waals surface area contributed by atoms with E-state index in [1.165, 1.54) is 11.3 Å². The van der Waals surface area contributed by atoms with Crippen LogP contribution in [0.3, 0.4) is 0 Å². The van der Waals surface area contributed by atoms with Crippen LogP contribution in [0.5, 0.6) is 5.75 Å². The number of hydrogen-bond donors (Lipinski definition) is 1. The summed E-state index contributed by atoms with van der Waals surface area (Å²) in [6.07, 6.45) is 2.29. The highest BCUT2D eigenvalue weighted by Crippen LogP contribution is 2.29. The van der Waals surface area contributed by atoms with E-state index >= 15 is 0 Å². The van der Waals surface area contributed by atoms with Gasteiger partial charge in [-0.15, -0.1) is 11.3 Å². The number of amides is 1. The fraction of sp³-hybridized carbons (Fsp3) is 0.389. The van der Waals surface area contributed by atoms with Crippen molar-refractivity contribution in [1.82, 2.24) is 5.32 Å². The summed E-state index contributed by atoms with van der Waals surface area (Å²) in [5.74, 6) is 0.838. The lowest BCUT2D eigenvalue weighted by atomic mass is 10.2. The second-order valence-electron chi connectivity index (χ2n) is 5.47. The van der Waals surface area contributed by atoms with Crippen molar-refractivity contribution in [2.24, 2.45) is 0 Å². The molecule has 0 aliphatic carbocycles. The van der Waals surface area contributed by atoms with Crippen LogP contribution in [0.25, 0.3) is 10.4 Å². The Morgan fingerprint density at radius 2 is 2.13 bits per heavy atom. The van der Waals surface area contributed by atoms with E-state index in [0.29, 0.717) is 13.2 Å². The minimum atomic E-state index is -0.0253. The largest absolute Gasteiger partial charge is 0.494 e. The predicted molar refractivity (Wildman–Crippen MR) is 92.2 cm³/mol. The number of carbonyl (C=O) groups is 1. The van der Waals surface area contributed by atoms with E-state index in [2.05, 4.69) is 5.32 Å². The van der Waals surface area contributed by atoms with Crippen LogP contribution in [0.2, 0.25) is 0 Å². The molecule has 0 spiro atoms. The van der Waals surface area contributed by atoms with Gasteiger partial charge in [-0.2, -0.15) is 0 Å². The second-order valence-corrected chi connectivity index (χ2v) is 6.55. The van der Waals surface area contributed by atoms with Crippen LogP contribution in [-0.4, -0.2) is 31.8 Å². The smallest absolute Gasteiger partial charge is 0.261 e. The number of thiophene rings is 1. The number of benzene rings is 1. The Labute approximate surface area is 140 Å². The SMILES string of the molecule is CCOc1ccc(-c2ccc(C(=O)NCC3CCCO3)s2)cc1. The highest BCUT2D eigenvalue weighted by molar-refractivity contribution is 7.17. The van der Waals surface area contributed by atoms with Crippen LogP contribution in [0.4, 0.5) is 0 Å². The Balaban J connectivity index is 1.61. The number of rotatable bonds is 6. The topological polar surface area (TPSA) is 47.6 Å². The lowest BCUT2D eigenvalue weighted by Gasteiger charge is -2.09. The van der Waals surface area contributed by atoms with Gasteiger partial charge in [-0.25, -0.2) is 0 Å². The number of carbonyl (C=O) groups excluding carboxylic acids is 1. The molecule has 3 rings (SSSR count). The van der Waals surface area contributed by atoms with E-state index in [1.807, 2.05) is 43.3 Å².